The van der Waals surface area contributed by atoms with Gasteiger partial charge in [-0.15, -0.1) is 0 Å². The third-order valence-corrected chi connectivity index (χ3v) is 6.05. The second-order valence-electron chi connectivity index (χ2n) is 8.15. The fraction of sp³-hybridized carbons (Fsp3) is 0.259. The van der Waals surface area contributed by atoms with Crippen LogP contribution in [0.25, 0.3) is 11.1 Å². The molecule has 3 aromatic carbocycles. The Kier molecular flexibility index (Phi) is 6.46. The fourth-order valence-corrected chi connectivity index (χ4v) is 4.12. The van der Waals surface area contributed by atoms with Gasteiger partial charge in [-0.2, -0.15) is 0 Å². The molecule has 4 rings (SSSR count). The first-order valence-corrected chi connectivity index (χ1v) is 10.9. The van der Waals surface area contributed by atoms with Crippen molar-refractivity contribution in [2.45, 2.75) is 25.8 Å². The standard InChI is InChI=1S/C27H28N2O2/c1-20(21-8-4-2-5-9-21)28-26(30)24-16-18-29(19-17-24)27(31)25-14-12-23(13-15-25)22-10-6-3-7-11-22/h2-15,20,24H,16-19H2,1H3,(H,28,30)/t20-/m0/s1. The molecule has 0 bridgehead atoms. The van der Waals surface area contributed by atoms with E-state index in [-0.39, 0.29) is 23.8 Å². The van der Waals surface area contributed by atoms with Gasteiger partial charge in [0.15, 0.2) is 0 Å². The van der Waals surface area contributed by atoms with E-state index in [0.717, 1.165) is 16.7 Å². The zero-order valence-corrected chi connectivity index (χ0v) is 17.8. The SMILES string of the molecule is C[C@H](NC(=O)C1CCN(C(=O)c2ccc(-c3ccccc3)cc2)CC1)c1ccccc1. The summed E-state index contributed by atoms with van der Waals surface area (Å²) in [5.74, 6) is 0.0717. The Morgan fingerprint density at radius 1 is 0.806 bits per heavy atom. The van der Waals surface area contributed by atoms with Gasteiger partial charge in [-0.1, -0.05) is 72.8 Å². The molecule has 0 saturated carbocycles. The minimum absolute atomic E-state index is 0.0171. The van der Waals surface area contributed by atoms with E-state index in [1.165, 1.54) is 0 Å². The van der Waals surface area contributed by atoms with Crippen molar-refractivity contribution in [3.63, 3.8) is 0 Å². The Morgan fingerprint density at radius 2 is 1.35 bits per heavy atom. The molecule has 0 unspecified atom stereocenters. The van der Waals surface area contributed by atoms with Crippen molar-refractivity contribution < 1.29 is 9.59 Å². The molecule has 2 amide bonds. The van der Waals surface area contributed by atoms with Gasteiger partial charge < -0.3 is 10.2 Å². The number of hydrogen-bond acceptors (Lipinski definition) is 2. The molecule has 1 saturated heterocycles. The number of amides is 2. The van der Waals surface area contributed by atoms with E-state index in [4.69, 9.17) is 0 Å². The summed E-state index contributed by atoms with van der Waals surface area (Å²) in [5, 5.41) is 3.12. The largest absolute Gasteiger partial charge is 0.349 e. The molecule has 1 heterocycles. The van der Waals surface area contributed by atoms with Crippen LogP contribution in [0.5, 0.6) is 0 Å². The van der Waals surface area contributed by atoms with Crippen LogP contribution in [0.3, 0.4) is 0 Å². The van der Waals surface area contributed by atoms with E-state index in [0.29, 0.717) is 31.5 Å². The van der Waals surface area contributed by atoms with Crippen molar-refractivity contribution in [2.75, 3.05) is 13.1 Å². The van der Waals surface area contributed by atoms with E-state index < -0.39 is 0 Å². The molecule has 4 heteroatoms. The molecular weight excluding hydrogens is 384 g/mol. The predicted molar refractivity (Wildman–Crippen MR) is 124 cm³/mol. The highest BCUT2D eigenvalue weighted by atomic mass is 16.2. The average molecular weight is 413 g/mol. The van der Waals surface area contributed by atoms with Gasteiger partial charge in [0.25, 0.3) is 5.91 Å². The summed E-state index contributed by atoms with van der Waals surface area (Å²) >= 11 is 0. The van der Waals surface area contributed by atoms with E-state index in [1.54, 1.807) is 0 Å². The molecule has 1 atom stereocenters. The first-order chi connectivity index (χ1) is 15.1. The topological polar surface area (TPSA) is 49.4 Å². The van der Waals surface area contributed by atoms with Crippen molar-refractivity contribution in [1.29, 1.82) is 0 Å². The third kappa shape index (κ3) is 5.02. The van der Waals surface area contributed by atoms with Crippen LogP contribution in [-0.2, 0) is 4.79 Å². The number of benzene rings is 3. The lowest BCUT2D eigenvalue weighted by Gasteiger charge is -2.32. The van der Waals surface area contributed by atoms with Crippen LogP contribution in [0.1, 0.15) is 41.7 Å². The second kappa shape index (κ2) is 9.61. The van der Waals surface area contributed by atoms with Gasteiger partial charge in [0.2, 0.25) is 5.91 Å². The molecular formula is C27H28N2O2. The normalized spacial score (nSPS) is 15.3. The summed E-state index contributed by atoms with van der Waals surface area (Å²) in [6.07, 6.45) is 1.39. The first kappa shape index (κ1) is 20.9. The van der Waals surface area contributed by atoms with E-state index in [9.17, 15) is 9.59 Å². The molecule has 158 valence electrons. The number of piperidine rings is 1. The summed E-state index contributed by atoms with van der Waals surface area (Å²) in [6, 6.07) is 27.9. The second-order valence-corrected chi connectivity index (χ2v) is 8.15. The lowest BCUT2D eigenvalue weighted by atomic mass is 9.94. The maximum Gasteiger partial charge on any atom is 0.253 e. The molecule has 0 aliphatic carbocycles. The average Bonchev–Trinajstić information content (AvgIpc) is 2.85. The Morgan fingerprint density at radius 3 is 1.97 bits per heavy atom. The van der Waals surface area contributed by atoms with Crippen LogP contribution in [-0.4, -0.2) is 29.8 Å². The summed E-state index contributed by atoms with van der Waals surface area (Å²) < 4.78 is 0. The fourth-order valence-electron chi connectivity index (χ4n) is 4.12. The number of carbonyl (C=O) groups is 2. The highest BCUT2D eigenvalue weighted by molar-refractivity contribution is 5.95. The van der Waals surface area contributed by atoms with Gasteiger partial charge in [-0.3, -0.25) is 9.59 Å². The van der Waals surface area contributed by atoms with Gasteiger partial charge in [0.05, 0.1) is 6.04 Å². The minimum Gasteiger partial charge on any atom is -0.349 e. The van der Waals surface area contributed by atoms with Crippen LogP contribution in [0.15, 0.2) is 84.9 Å². The molecule has 1 N–H and O–H groups in total. The summed E-state index contributed by atoms with van der Waals surface area (Å²) in [5.41, 5.74) is 4.03. The van der Waals surface area contributed by atoms with Gasteiger partial charge in [0, 0.05) is 24.6 Å². The maximum absolute atomic E-state index is 12.9. The molecule has 4 nitrogen and oxygen atoms in total. The zero-order chi connectivity index (χ0) is 21.6. The summed E-state index contributed by atoms with van der Waals surface area (Å²) in [6.45, 7) is 3.22. The number of rotatable bonds is 5. The highest BCUT2D eigenvalue weighted by Gasteiger charge is 2.28. The lowest BCUT2D eigenvalue weighted by molar-refractivity contribution is -0.126. The smallest absolute Gasteiger partial charge is 0.253 e. The van der Waals surface area contributed by atoms with Crippen LogP contribution >= 0.6 is 0 Å². The number of nitrogens with zero attached hydrogens (tertiary/aromatic N) is 1. The van der Waals surface area contributed by atoms with Crippen molar-refractivity contribution >= 4 is 11.8 Å². The lowest BCUT2D eigenvalue weighted by Crippen LogP contribution is -2.43. The number of nitrogens with one attached hydrogen (secondary N) is 1. The molecule has 3 aromatic rings. The molecule has 0 aromatic heterocycles. The van der Waals surface area contributed by atoms with Gasteiger partial charge in [-0.25, -0.2) is 0 Å². The molecule has 1 aliphatic heterocycles. The number of carbonyl (C=O) groups excluding carboxylic acids is 2. The van der Waals surface area contributed by atoms with Crippen LogP contribution in [0, 0.1) is 5.92 Å². The van der Waals surface area contributed by atoms with E-state index in [2.05, 4.69) is 17.4 Å². The summed E-state index contributed by atoms with van der Waals surface area (Å²) in [4.78, 5) is 27.5. The monoisotopic (exact) mass is 412 g/mol. The predicted octanol–water partition coefficient (Wildman–Crippen LogP) is 5.08. The van der Waals surface area contributed by atoms with Gasteiger partial charge in [-0.05, 0) is 48.6 Å². The summed E-state index contributed by atoms with van der Waals surface area (Å²) in [7, 11) is 0. The van der Waals surface area contributed by atoms with Crippen LogP contribution in [0.2, 0.25) is 0 Å². The Bertz CT molecular complexity index is 1010. The Labute approximate surface area is 183 Å². The quantitative estimate of drug-likeness (QED) is 0.635. The highest BCUT2D eigenvalue weighted by Crippen LogP contribution is 2.23. The van der Waals surface area contributed by atoms with Crippen LogP contribution in [0.4, 0.5) is 0 Å². The van der Waals surface area contributed by atoms with E-state index >= 15 is 0 Å². The van der Waals surface area contributed by atoms with Gasteiger partial charge >= 0.3 is 0 Å². The Balaban J connectivity index is 1.31. The zero-order valence-electron chi connectivity index (χ0n) is 17.8. The Hall–Kier alpha value is -3.40. The van der Waals surface area contributed by atoms with Crippen molar-refractivity contribution in [3.05, 3.63) is 96.1 Å². The first-order valence-electron chi connectivity index (χ1n) is 10.9. The van der Waals surface area contributed by atoms with Crippen molar-refractivity contribution in [2.24, 2.45) is 5.92 Å². The number of hydrogen-bond donors (Lipinski definition) is 1. The van der Waals surface area contributed by atoms with Crippen LogP contribution < -0.4 is 5.32 Å². The molecule has 0 spiro atoms. The molecule has 1 fully saturated rings. The molecule has 1 aliphatic rings. The van der Waals surface area contributed by atoms with E-state index in [1.807, 2.05) is 84.6 Å². The minimum atomic E-state index is -0.0457. The third-order valence-electron chi connectivity index (χ3n) is 6.05. The number of likely N-dealkylation sites (tertiary alicyclic amines) is 1. The molecule has 31 heavy (non-hydrogen) atoms. The van der Waals surface area contributed by atoms with Gasteiger partial charge in [0.1, 0.15) is 0 Å². The maximum atomic E-state index is 12.9. The van der Waals surface area contributed by atoms with Crippen molar-refractivity contribution in [1.82, 2.24) is 10.2 Å². The molecule has 0 radical (unpaired) electrons. The van der Waals surface area contributed by atoms with Crippen molar-refractivity contribution in [3.8, 4) is 11.1 Å².